The monoisotopic (exact) mass is 462 g/mol. The quantitative estimate of drug-likeness (QED) is 0.640. The van der Waals surface area contributed by atoms with E-state index in [9.17, 15) is 9.59 Å². The summed E-state index contributed by atoms with van der Waals surface area (Å²) in [5.74, 6) is 0.219. The van der Waals surface area contributed by atoms with Crippen molar-refractivity contribution in [2.75, 3.05) is 50.7 Å². The van der Waals surface area contributed by atoms with Crippen LogP contribution < -0.4 is 10.2 Å². The lowest BCUT2D eigenvalue weighted by molar-refractivity contribution is -0.133. The molecule has 0 bridgehead atoms. The number of anilines is 1. The molecule has 0 aromatic heterocycles. The standard InChI is InChI=1S/C25H39ClN4O2/c1-4-27-22-10-14-28(15-11-22)12-5-13-30(23-7-6-19(2)24(26)18-23)25(32)21-8-16-29(17-9-21)20(3)31/h6-7,18,21-22,27H,4-5,8-17H2,1-3H3. The van der Waals surface area contributed by atoms with E-state index in [0.717, 1.165) is 56.7 Å². The number of benzene rings is 1. The second kappa shape index (κ2) is 12.0. The molecule has 0 aliphatic carbocycles. The minimum Gasteiger partial charge on any atom is -0.343 e. The Morgan fingerprint density at radius 3 is 2.41 bits per heavy atom. The molecule has 0 atom stereocenters. The maximum Gasteiger partial charge on any atom is 0.230 e. The minimum absolute atomic E-state index is 0.0402. The number of likely N-dealkylation sites (tertiary alicyclic amines) is 2. The number of nitrogens with zero attached hydrogens (tertiary/aromatic N) is 3. The van der Waals surface area contributed by atoms with E-state index in [2.05, 4.69) is 17.1 Å². The normalized spacial score (nSPS) is 18.7. The predicted octanol–water partition coefficient (Wildman–Crippen LogP) is 3.70. The van der Waals surface area contributed by atoms with Crippen LogP contribution in [0.25, 0.3) is 0 Å². The Morgan fingerprint density at radius 1 is 1.12 bits per heavy atom. The van der Waals surface area contributed by atoms with Gasteiger partial charge in [-0.3, -0.25) is 9.59 Å². The van der Waals surface area contributed by atoms with Gasteiger partial charge in [0.2, 0.25) is 11.8 Å². The van der Waals surface area contributed by atoms with Crippen LogP contribution in [0.3, 0.4) is 0 Å². The maximum atomic E-state index is 13.5. The van der Waals surface area contributed by atoms with Gasteiger partial charge in [0.25, 0.3) is 0 Å². The number of carbonyl (C=O) groups excluding carboxylic acids is 2. The van der Waals surface area contributed by atoms with Crippen LogP contribution in [0, 0.1) is 12.8 Å². The van der Waals surface area contributed by atoms with E-state index < -0.39 is 0 Å². The molecule has 2 aliphatic rings. The molecule has 2 heterocycles. The van der Waals surface area contributed by atoms with E-state index in [0.29, 0.717) is 30.7 Å². The molecule has 32 heavy (non-hydrogen) atoms. The van der Waals surface area contributed by atoms with Gasteiger partial charge in [0, 0.05) is 49.2 Å². The Bertz CT molecular complexity index is 771. The van der Waals surface area contributed by atoms with Crippen molar-refractivity contribution in [2.45, 2.75) is 58.9 Å². The van der Waals surface area contributed by atoms with E-state index in [-0.39, 0.29) is 17.7 Å². The number of nitrogens with one attached hydrogen (secondary N) is 1. The second-order valence-electron chi connectivity index (χ2n) is 9.23. The summed E-state index contributed by atoms with van der Waals surface area (Å²) in [4.78, 5) is 31.5. The second-order valence-corrected chi connectivity index (χ2v) is 9.64. The van der Waals surface area contributed by atoms with Crippen molar-refractivity contribution in [3.8, 4) is 0 Å². The molecule has 1 N–H and O–H groups in total. The third-order valence-electron chi connectivity index (χ3n) is 6.96. The molecule has 0 saturated carbocycles. The van der Waals surface area contributed by atoms with E-state index in [4.69, 9.17) is 11.6 Å². The first-order chi connectivity index (χ1) is 15.4. The van der Waals surface area contributed by atoms with Gasteiger partial charge in [-0.05, 0) is 82.9 Å². The molecule has 6 nitrogen and oxygen atoms in total. The highest BCUT2D eigenvalue weighted by atomic mass is 35.5. The first-order valence-corrected chi connectivity index (χ1v) is 12.6. The van der Waals surface area contributed by atoms with Gasteiger partial charge in [0.1, 0.15) is 0 Å². The summed E-state index contributed by atoms with van der Waals surface area (Å²) in [6, 6.07) is 6.56. The van der Waals surface area contributed by atoms with Gasteiger partial charge in [0.15, 0.2) is 0 Å². The summed E-state index contributed by atoms with van der Waals surface area (Å²) in [7, 11) is 0. The van der Waals surface area contributed by atoms with Crippen molar-refractivity contribution in [3.63, 3.8) is 0 Å². The molecule has 2 aliphatic heterocycles. The molecule has 178 valence electrons. The fraction of sp³-hybridized carbons (Fsp3) is 0.680. The summed E-state index contributed by atoms with van der Waals surface area (Å²) < 4.78 is 0. The van der Waals surface area contributed by atoms with Crippen LogP contribution in [0.4, 0.5) is 5.69 Å². The Hall–Kier alpha value is -1.63. The SMILES string of the molecule is CCNC1CCN(CCCN(C(=O)C2CCN(C(C)=O)CC2)c2ccc(C)c(Cl)c2)CC1. The molecular formula is C25H39ClN4O2. The highest BCUT2D eigenvalue weighted by molar-refractivity contribution is 6.31. The van der Waals surface area contributed by atoms with Gasteiger partial charge in [-0.1, -0.05) is 24.6 Å². The maximum absolute atomic E-state index is 13.5. The van der Waals surface area contributed by atoms with Crippen LogP contribution in [0.2, 0.25) is 5.02 Å². The minimum atomic E-state index is -0.0402. The van der Waals surface area contributed by atoms with Crippen LogP contribution in [-0.2, 0) is 9.59 Å². The van der Waals surface area contributed by atoms with Crippen molar-refractivity contribution in [2.24, 2.45) is 5.92 Å². The lowest BCUT2D eigenvalue weighted by Gasteiger charge is -2.35. The van der Waals surface area contributed by atoms with Gasteiger partial charge in [-0.2, -0.15) is 0 Å². The van der Waals surface area contributed by atoms with Gasteiger partial charge < -0.3 is 20.0 Å². The van der Waals surface area contributed by atoms with E-state index in [1.807, 2.05) is 34.9 Å². The smallest absolute Gasteiger partial charge is 0.230 e. The average molecular weight is 463 g/mol. The van der Waals surface area contributed by atoms with E-state index >= 15 is 0 Å². The fourth-order valence-electron chi connectivity index (χ4n) is 4.88. The molecule has 2 fully saturated rings. The zero-order valence-electron chi connectivity index (χ0n) is 19.9. The summed E-state index contributed by atoms with van der Waals surface area (Å²) in [5.41, 5.74) is 1.89. The molecule has 7 heteroatoms. The fourth-order valence-corrected chi connectivity index (χ4v) is 5.05. The highest BCUT2D eigenvalue weighted by Gasteiger charge is 2.30. The Balaban J connectivity index is 1.61. The molecule has 0 radical (unpaired) electrons. The number of hydrogen-bond donors (Lipinski definition) is 1. The number of aryl methyl sites for hydroxylation is 1. The lowest BCUT2D eigenvalue weighted by Crippen LogP contribution is -2.45. The summed E-state index contributed by atoms with van der Waals surface area (Å²) in [6.07, 6.45) is 4.78. The van der Waals surface area contributed by atoms with Gasteiger partial charge in [0.05, 0.1) is 0 Å². The molecule has 2 saturated heterocycles. The molecular weight excluding hydrogens is 424 g/mol. The number of carbonyl (C=O) groups is 2. The predicted molar refractivity (Wildman–Crippen MR) is 131 cm³/mol. The van der Waals surface area contributed by atoms with Crippen molar-refractivity contribution < 1.29 is 9.59 Å². The molecule has 3 rings (SSSR count). The van der Waals surface area contributed by atoms with Gasteiger partial charge in [-0.25, -0.2) is 0 Å². The molecule has 0 unspecified atom stereocenters. The van der Waals surface area contributed by atoms with E-state index in [1.165, 1.54) is 12.8 Å². The van der Waals surface area contributed by atoms with Crippen molar-refractivity contribution >= 4 is 29.1 Å². The number of piperidine rings is 2. The van der Waals surface area contributed by atoms with Crippen molar-refractivity contribution in [1.82, 2.24) is 15.1 Å². The van der Waals surface area contributed by atoms with Crippen molar-refractivity contribution in [3.05, 3.63) is 28.8 Å². The summed E-state index contributed by atoms with van der Waals surface area (Å²) in [5, 5.41) is 4.25. The van der Waals surface area contributed by atoms with Gasteiger partial charge in [-0.15, -0.1) is 0 Å². The summed E-state index contributed by atoms with van der Waals surface area (Å²) in [6.45, 7) is 12.0. The largest absolute Gasteiger partial charge is 0.343 e. The average Bonchev–Trinajstić information content (AvgIpc) is 2.79. The van der Waals surface area contributed by atoms with Crippen LogP contribution >= 0.6 is 11.6 Å². The number of rotatable bonds is 8. The van der Waals surface area contributed by atoms with Gasteiger partial charge >= 0.3 is 0 Å². The third-order valence-corrected chi connectivity index (χ3v) is 7.37. The first-order valence-electron chi connectivity index (χ1n) is 12.2. The Morgan fingerprint density at radius 2 is 1.81 bits per heavy atom. The van der Waals surface area contributed by atoms with Crippen LogP contribution in [0.1, 0.15) is 51.5 Å². The topological polar surface area (TPSA) is 55.9 Å². The molecule has 1 aromatic rings. The van der Waals surface area contributed by atoms with E-state index in [1.54, 1.807) is 6.92 Å². The summed E-state index contributed by atoms with van der Waals surface area (Å²) >= 11 is 6.40. The molecule has 0 spiro atoms. The van der Waals surface area contributed by atoms with Crippen LogP contribution in [0.5, 0.6) is 0 Å². The zero-order chi connectivity index (χ0) is 23.1. The third kappa shape index (κ3) is 6.69. The number of halogens is 1. The van der Waals surface area contributed by atoms with Crippen LogP contribution in [0.15, 0.2) is 18.2 Å². The Kier molecular flexibility index (Phi) is 9.38. The zero-order valence-corrected chi connectivity index (χ0v) is 20.7. The number of amides is 2. The molecule has 1 aromatic carbocycles. The first kappa shape index (κ1) is 25.0. The Labute approximate surface area is 198 Å². The van der Waals surface area contributed by atoms with Crippen molar-refractivity contribution in [1.29, 1.82) is 0 Å². The lowest BCUT2D eigenvalue weighted by atomic mass is 9.94. The molecule has 2 amide bonds. The van der Waals surface area contributed by atoms with Crippen LogP contribution in [-0.4, -0.2) is 73.5 Å². The number of hydrogen-bond acceptors (Lipinski definition) is 4. The highest BCUT2D eigenvalue weighted by Crippen LogP contribution is 2.27.